The second-order valence-corrected chi connectivity index (χ2v) is 5.11. The topological polar surface area (TPSA) is 40.5 Å². The van der Waals surface area contributed by atoms with E-state index >= 15 is 0 Å². The summed E-state index contributed by atoms with van der Waals surface area (Å²) in [5, 5.41) is 0. The highest BCUT2D eigenvalue weighted by atomic mass is 31.2. The molecular formula is C6H16O2P+. The fraction of sp³-hybridized carbons (Fsp3) is 1.00. The predicted octanol–water partition coefficient (Wildman–Crippen LogP) is 1.64. The van der Waals surface area contributed by atoms with Gasteiger partial charge in [-0.3, -0.25) is 0 Å². The van der Waals surface area contributed by atoms with Crippen LogP contribution in [0.1, 0.15) is 26.7 Å². The van der Waals surface area contributed by atoms with Crippen LogP contribution in [0.15, 0.2) is 0 Å². The van der Waals surface area contributed by atoms with Crippen molar-refractivity contribution in [3.8, 4) is 0 Å². The Kier molecular flexibility index (Phi) is 4.37. The average molecular weight is 151 g/mol. The minimum atomic E-state index is -2.44. The van der Waals surface area contributed by atoms with E-state index in [1.807, 2.05) is 6.92 Å². The lowest BCUT2D eigenvalue weighted by atomic mass is 10.4. The molecule has 0 radical (unpaired) electrons. The van der Waals surface area contributed by atoms with E-state index in [2.05, 4.69) is 6.92 Å². The van der Waals surface area contributed by atoms with Gasteiger partial charge >= 0.3 is 0 Å². The van der Waals surface area contributed by atoms with Gasteiger partial charge in [0.15, 0.2) is 0 Å². The molecule has 0 aromatic carbocycles. The Morgan fingerprint density at radius 1 is 1.22 bits per heavy atom. The predicted molar refractivity (Wildman–Crippen MR) is 41.7 cm³/mol. The second kappa shape index (κ2) is 4.21. The molecule has 0 aliphatic rings. The minimum Gasteiger partial charge on any atom is -0.220 e. The number of hydrogen-bond acceptors (Lipinski definition) is 2. The van der Waals surface area contributed by atoms with Crippen LogP contribution >= 0.6 is 7.72 Å². The molecule has 0 fully saturated rings. The summed E-state index contributed by atoms with van der Waals surface area (Å²) in [6.45, 7) is 3.87. The molecule has 0 spiro atoms. The normalized spacial score (nSPS) is 12.0. The van der Waals surface area contributed by atoms with Gasteiger partial charge in [0.25, 0.3) is 7.72 Å². The van der Waals surface area contributed by atoms with Crippen LogP contribution in [-0.4, -0.2) is 22.1 Å². The molecular weight excluding hydrogens is 135 g/mol. The lowest BCUT2D eigenvalue weighted by Crippen LogP contribution is -1.98. The molecule has 0 aromatic heterocycles. The molecule has 0 unspecified atom stereocenters. The molecule has 0 atom stereocenters. The summed E-state index contributed by atoms with van der Waals surface area (Å²) in [4.78, 5) is 18.2. The van der Waals surface area contributed by atoms with E-state index in [0.717, 1.165) is 12.8 Å². The van der Waals surface area contributed by atoms with Gasteiger partial charge in [-0.05, 0) is 13.3 Å². The van der Waals surface area contributed by atoms with Gasteiger partial charge in [-0.15, -0.1) is 0 Å². The zero-order chi connectivity index (χ0) is 7.33. The fourth-order valence-electron chi connectivity index (χ4n) is 0.569. The first-order valence-electron chi connectivity index (χ1n) is 3.45. The Morgan fingerprint density at radius 3 is 2.11 bits per heavy atom. The van der Waals surface area contributed by atoms with Crippen LogP contribution in [0.3, 0.4) is 0 Å². The first kappa shape index (κ1) is 9.35. The van der Waals surface area contributed by atoms with Crippen molar-refractivity contribution in [2.24, 2.45) is 0 Å². The summed E-state index contributed by atoms with van der Waals surface area (Å²) in [5.41, 5.74) is 0. The van der Waals surface area contributed by atoms with Crippen molar-refractivity contribution in [2.75, 3.05) is 12.3 Å². The molecule has 0 aliphatic heterocycles. The lowest BCUT2D eigenvalue weighted by Gasteiger charge is -2.07. The molecule has 3 heteroatoms. The highest BCUT2D eigenvalue weighted by Gasteiger charge is 2.28. The van der Waals surface area contributed by atoms with Crippen LogP contribution in [0.4, 0.5) is 0 Å². The van der Waals surface area contributed by atoms with Crippen molar-refractivity contribution in [1.82, 2.24) is 0 Å². The highest BCUT2D eigenvalue weighted by molar-refractivity contribution is 7.64. The van der Waals surface area contributed by atoms with Crippen LogP contribution in [-0.2, 0) is 0 Å². The van der Waals surface area contributed by atoms with Gasteiger partial charge in [0, 0.05) is 0 Å². The van der Waals surface area contributed by atoms with Gasteiger partial charge in [-0.25, -0.2) is 9.79 Å². The summed E-state index contributed by atoms with van der Waals surface area (Å²) in [7, 11) is -2.44. The summed E-state index contributed by atoms with van der Waals surface area (Å²) >= 11 is 0. The SMILES string of the molecule is CCCC[P+](O)(O)CC. The van der Waals surface area contributed by atoms with E-state index in [9.17, 15) is 0 Å². The average Bonchev–Trinajstić information content (AvgIpc) is 1.84. The zero-order valence-electron chi connectivity index (χ0n) is 6.17. The first-order valence-corrected chi connectivity index (χ1v) is 5.51. The molecule has 2 nitrogen and oxygen atoms in total. The third-order valence-corrected chi connectivity index (χ3v) is 3.42. The standard InChI is InChI=1S/C6H16O2P/c1-3-5-6-9(7,8)4-2/h7-8H,3-6H2,1-2H3/q+1. The van der Waals surface area contributed by atoms with Gasteiger partial charge in [-0.1, -0.05) is 13.3 Å². The van der Waals surface area contributed by atoms with Crippen molar-refractivity contribution in [1.29, 1.82) is 0 Å². The van der Waals surface area contributed by atoms with E-state index in [4.69, 9.17) is 9.79 Å². The van der Waals surface area contributed by atoms with E-state index in [0.29, 0.717) is 12.3 Å². The molecule has 0 saturated carbocycles. The van der Waals surface area contributed by atoms with Crippen molar-refractivity contribution in [2.45, 2.75) is 26.7 Å². The van der Waals surface area contributed by atoms with E-state index < -0.39 is 7.72 Å². The monoisotopic (exact) mass is 151 g/mol. The molecule has 0 aromatic rings. The zero-order valence-corrected chi connectivity index (χ0v) is 7.06. The summed E-state index contributed by atoms with van der Waals surface area (Å²) in [6.07, 6.45) is 3.13. The maximum atomic E-state index is 9.12. The van der Waals surface area contributed by atoms with Crippen LogP contribution < -0.4 is 0 Å². The molecule has 9 heavy (non-hydrogen) atoms. The quantitative estimate of drug-likeness (QED) is 0.599. The fourth-order valence-corrected chi connectivity index (χ4v) is 1.71. The van der Waals surface area contributed by atoms with Gasteiger partial charge < -0.3 is 0 Å². The lowest BCUT2D eigenvalue weighted by molar-refractivity contribution is 0.448. The van der Waals surface area contributed by atoms with Crippen LogP contribution in [0, 0.1) is 0 Å². The number of unbranched alkanes of at least 4 members (excludes halogenated alkanes) is 1. The largest absolute Gasteiger partial charge is 0.267 e. The summed E-state index contributed by atoms with van der Waals surface area (Å²) in [6, 6.07) is 0. The maximum Gasteiger partial charge on any atom is 0.267 e. The maximum absolute atomic E-state index is 9.12. The molecule has 0 amide bonds. The van der Waals surface area contributed by atoms with Crippen molar-refractivity contribution < 1.29 is 9.79 Å². The Hall–Kier alpha value is 0.350. The smallest absolute Gasteiger partial charge is 0.220 e. The van der Waals surface area contributed by atoms with Gasteiger partial charge in [0.05, 0.1) is 0 Å². The van der Waals surface area contributed by atoms with Crippen molar-refractivity contribution in [3.05, 3.63) is 0 Å². The van der Waals surface area contributed by atoms with E-state index in [-0.39, 0.29) is 0 Å². The number of rotatable bonds is 4. The van der Waals surface area contributed by atoms with E-state index in [1.54, 1.807) is 0 Å². The Morgan fingerprint density at radius 2 is 1.78 bits per heavy atom. The molecule has 56 valence electrons. The van der Waals surface area contributed by atoms with Crippen LogP contribution in [0.5, 0.6) is 0 Å². The molecule has 2 N–H and O–H groups in total. The third kappa shape index (κ3) is 4.83. The van der Waals surface area contributed by atoms with Gasteiger partial charge in [-0.2, -0.15) is 0 Å². The minimum absolute atomic E-state index is 0.535. The van der Waals surface area contributed by atoms with Crippen LogP contribution in [0.2, 0.25) is 0 Å². The highest BCUT2D eigenvalue weighted by Crippen LogP contribution is 2.49. The Bertz CT molecular complexity index is 73.5. The van der Waals surface area contributed by atoms with Crippen LogP contribution in [0.25, 0.3) is 0 Å². The molecule has 0 bridgehead atoms. The molecule has 0 aliphatic carbocycles. The van der Waals surface area contributed by atoms with Gasteiger partial charge in [0.1, 0.15) is 12.3 Å². The number of hydrogen-bond donors (Lipinski definition) is 2. The van der Waals surface area contributed by atoms with Gasteiger partial charge in [0.2, 0.25) is 0 Å². The Balaban J connectivity index is 3.33. The first-order chi connectivity index (χ1) is 4.12. The van der Waals surface area contributed by atoms with E-state index in [1.165, 1.54) is 0 Å². The summed E-state index contributed by atoms with van der Waals surface area (Å²) in [5.74, 6) is 0. The van der Waals surface area contributed by atoms with Crippen molar-refractivity contribution >= 4 is 7.72 Å². The summed E-state index contributed by atoms with van der Waals surface area (Å²) < 4.78 is 0. The molecule has 0 rings (SSSR count). The molecule has 0 heterocycles. The molecule has 0 saturated heterocycles. The third-order valence-electron chi connectivity index (χ3n) is 1.38. The Labute approximate surface area is 57.4 Å². The second-order valence-electron chi connectivity index (χ2n) is 2.27. The van der Waals surface area contributed by atoms with Crippen molar-refractivity contribution in [3.63, 3.8) is 0 Å².